The van der Waals surface area contributed by atoms with E-state index in [1.165, 1.54) is 4.90 Å². The van der Waals surface area contributed by atoms with Crippen molar-refractivity contribution in [2.45, 2.75) is 17.4 Å². The number of aliphatic hydroxyl groups is 1. The Labute approximate surface area is 106 Å². The van der Waals surface area contributed by atoms with Crippen LogP contribution in [0.1, 0.15) is 17.4 Å². The maximum Gasteiger partial charge on any atom is 0.0845 e. The monoisotopic (exact) mass is 245 g/mol. The van der Waals surface area contributed by atoms with E-state index in [9.17, 15) is 5.11 Å². The van der Waals surface area contributed by atoms with Crippen molar-refractivity contribution in [3.63, 3.8) is 0 Å². The van der Waals surface area contributed by atoms with Gasteiger partial charge >= 0.3 is 0 Å². The van der Waals surface area contributed by atoms with Gasteiger partial charge in [0.25, 0.3) is 0 Å². The van der Waals surface area contributed by atoms with E-state index in [2.05, 4.69) is 4.98 Å². The van der Waals surface area contributed by atoms with Gasteiger partial charge in [-0.15, -0.1) is 11.8 Å². The smallest absolute Gasteiger partial charge is 0.0845 e. The second-order valence-electron chi connectivity index (χ2n) is 3.81. The zero-order valence-electron chi connectivity index (χ0n) is 9.71. The quantitative estimate of drug-likeness (QED) is 0.840. The topological polar surface area (TPSA) is 33.1 Å². The van der Waals surface area contributed by atoms with Crippen molar-refractivity contribution in [1.82, 2.24) is 4.98 Å². The Morgan fingerprint density at radius 3 is 2.53 bits per heavy atom. The molecule has 0 saturated heterocycles. The van der Waals surface area contributed by atoms with Crippen LogP contribution >= 0.6 is 11.8 Å². The number of hydrogen-bond donors (Lipinski definition) is 1. The van der Waals surface area contributed by atoms with Gasteiger partial charge in [0.2, 0.25) is 0 Å². The van der Waals surface area contributed by atoms with Crippen molar-refractivity contribution in [3.05, 3.63) is 59.9 Å². The lowest BCUT2D eigenvalue weighted by Gasteiger charge is -2.10. The highest BCUT2D eigenvalue weighted by atomic mass is 32.2. The Hall–Kier alpha value is -1.32. The Bertz CT molecular complexity index is 455. The summed E-state index contributed by atoms with van der Waals surface area (Å²) < 4.78 is 0. The molecule has 1 N–H and O–H groups in total. The number of aliphatic hydroxyl groups excluding tert-OH is 1. The average Bonchev–Trinajstić information content (AvgIpc) is 2.40. The van der Waals surface area contributed by atoms with Crippen molar-refractivity contribution in [2.24, 2.45) is 0 Å². The first-order chi connectivity index (χ1) is 8.29. The summed E-state index contributed by atoms with van der Waals surface area (Å²) in [7, 11) is 0. The van der Waals surface area contributed by atoms with E-state index in [1.54, 1.807) is 18.0 Å². The van der Waals surface area contributed by atoms with Crippen LogP contribution in [0.2, 0.25) is 0 Å². The van der Waals surface area contributed by atoms with Crippen LogP contribution in [0.25, 0.3) is 0 Å². The Morgan fingerprint density at radius 1 is 1.18 bits per heavy atom. The molecule has 1 unspecified atom stereocenters. The molecule has 88 valence electrons. The highest BCUT2D eigenvalue weighted by Crippen LogP contribution is 2.21. The van der Waals surface area contributed by atoms with Gasteiger partial charge in [-0.1, -0.05) is 18.2 Å². The molecule has 0 aliphatic rings. The van der Waals surface area contributed by atoms with Crippen LogP contribution < -0.4 is 0 Å². The molecule has 2 nitrogen and oxygen atoms in total. The zero-order valence-corrected chi connectivity index (χ0v) is 10.5. The first-order valence-corrected chi connectivity index (χ1v) is 6.74. The molecular formula is C14H15NOS. The first-order valence-electron chi connectivity index (χ1n) is 5.51. The summed E-state index contributed by atoms with van der Waals surface area (Å²) >= 11 is 1.70. The van der Waals surface area contributed by atoms with Crippen molar-refractivity contribution < 1.29 is 5.11 Å². The normalized spacial score (nSPS) is 12.4. The average molecular weight is 245 g/mol. The van der Waals surface area contributed by atoms with Crippen LogP contribution in [0, 0.1) is 0 Å². The van der Waals surface area contributed by atoms with E-state index in [4.69, 9.17) is 0 Å². The van der Waals surface area contributed by atoms with E-state index < -0.39 is 6.10 Å². The fourth-order valence-corrected chi connectivity index (χ4v) is 2.07. The molecule has 2 rings (SSSR count). The molecule has 0 bridgehead atoms. The summed E-state index contributed by atoms with van der Waals surface area (Å²) in [4.78, 5) is 5.42. The van der Waals surface area contributed by atoms with Gasteiger partial charge in [0.15, 0.2) is 0 Å². The van der Waals surface area contributed by atoms with Gasteiger partial charge in [-0.05, 0) is 36.1 Å². The number of thioether (sulfide) groups is 1. The molecule has 17 heavy (non-hydrogen) atoms. The molecule has 1 atom stereocenters. The maximum atomic E-state index is 10.1. The third-order valence-electron chi connectivity index (χ3n) is 2.63. The SMILES string of the molecule is CSc1ccc(C(O)Cc2ccccn2)cc1. The summed E-state index contributed by atoms with van der Waals surface area (Å²) in [6, 6.07) is 13.7. The Balaban J connectivity index is 2.06. The Kier molecular flexibility index (Phi) is 4.18. The molecule has 1 aromatic carbocycles. The van der Waals surface area contributed by atoms with Crippen LogP contribution in [-0.2, 0) is 6.42 Å². The standard InChI is InChI=1S/C14H15NOS/c1-17-13-7-5-11(6-8-13)14(16)10-12-4-2-3-9-15-12/h2-9,14,16H,10H2,1H3. The van der Waals surface area contributed by atoms with Crippen LogP contribution in [0.15, 0.2) is 53.6 Å². The summed E-state index contributed by atoms with van der Waals surface area (Å²) in [6.07, 6.45) is 3.86. The van der Waals surface area contributed by atoms with Crippen molar-refractivity contribution in [3.8, 4) is 0 Å². The largest absolute Gasteiger partial charge is 0.388 e. The fourth-order valence-electron chi connectivity index (χ4n) is 1.66. The van der Waals surface area contributed by atoms with E-state index in [-0.39, 0.29) is 0 Å². The van der Waals surface area contributed by atoms with Crippen LogP contribution in [0.3, 0.4) is 0 Å². The van der Waals surface area contributed by atoms with E-state index in [0.717, 1.165) is 11.3 Å². The first kappa shape index (κ1) is 12.1. The van der Waals surface area contributed by atoms with E-state index in [0.29, 0.717) is 6.42 Å². The second-order valence-corrected chi connectivity index (χ2v) is 4.69. The van der Waals surface area contributed by atoms with Gasteiger partial charge in [0.1, 0.15) is 0 Å². The minimum absolute atomic E-state index is 0.485. The molecule has 0 fully saturated rings. The maximum absolute atomic E-state index is 10.1. The van der Waals surface area contributed by atoms with Gasteiger partial charge in [0, 0.05) is 23.2 Å². The molecule has 1 aromatic heterocycles. The van der Waals surface area contributed by atoms with Gasteiger partial charge < -0.3 is 5.11 Å². The van der Waals surface area contributed by atoms with Crippen LogP contribution in [0.5, 0.6) is 0 Å². The summed E-state index contributed by atoms with van der Waals surface area (Å²) in [5, 5.41) is 10.1. The van der Waals surface area contributed by atoms with Gasteiger partial charge in [0.05, 0.1) is 6.10 Å². The number of benzene rings is 1. The van der Waals surface area contributed by atoms with Gasteiger partial charge in [-0.25, -0.2) is 0 Å². The number of rotatable bonds is 4. The lowest BCUT2D eigenvalue weighted by atomic mass is 10.0. The third-order valence-corrected chi connectivity index (χ3v) is 3.37. The van der Waals surface area contributed by atoms with Crippen molar-refractivity contribution in [1.29, 1.82) is 0 Å². The number of aromatic nitrogens is 1. The zero-order chi connectivity index (χ0) is 12.1. The molecule has 0 spiro atoms. The molecule has 0 amide bonds. The summed E-state index contributed by atoms with van der Waals surface area (Å²) in [5.41, 5.74) is 1.85. The number of hydrogen-bond acceptors (Lipinski definition) is 3. The van der Waals surface area contributed by atoms with E-state index >= 15 is 0 Å². The van der Waals surface area contributed by atoms with E-state index in [1.807, 2.05) is 48.7 Å². The van der Waals surface area contributed by atoms with Crippen molar-refractivity contribution >= 4 is 11.8 Å². The molecule has 1 heterocycles. The minimum Gasteiger partial charge on any atom is -0.388 e. The van der Waals surface area contributed by atoms with Crippen LogP contribution in [-0.4, -0.2) is 16.3 Å². The molecule has 3 heteroatoms. The summed E-state index contributed by atoms with van der Waals surface area (Å²) in [6.45, 7) is 0. The number of nitrogens with zero attached hydrogens (tertiary/aromatic N) is 1. The highest BCUT2D eigenvalue weighted by molar-refractivity contribution is 7.98. The lowest BCUT2D eigenvalue weighted by molar-refractivity contribution is 0.177. The summed E-state index contributed by atoms with van der Waals surface area (Å²) in [5.74, 6) is 0. The number of pyridine rings is 1. The second kappa shape index (κ2) is 5.84. The fraction of sp³-hybridized carbons (Fsp3) is 0.214. The predicted octanol–water partition coefficient (Wildman–Crippen LogP) is 3.08. The van der Waals surface area contributed by atoms with Gasteiger partial charge in [-0.2, -0.15) is 0 Å². The molecule has 0 saturated carbocycles. The van der Waals surface area contributed by atoms with Crippen molar-refractivity contribution in [2.75, 3.05) is 6.26 Å². The molecule has 0 radical (unpaired) electrons. The molecule has 2 aromatic rings. The molecule has 0 aliphatic carbocycles. The minimum atomic E-state index is -0.485. The Morgan fingerprint density at radius 2 is 1.94 bits per heavy atom. The van der Waals surface area contributed by atoms with Gasteiger partial charge in [-0.3, -0.25) is 4.98 Å². The molecule has 0 aliphatic heterocycles. The molecular weight excluding hydrogens is 230 g/mol. The highest BCUT2D eigenvalue weighted by Gasteiger charge is 2.08. The lowest BCUT2D eigenvalue weighted by Crippen LogP contribution is -2.02. The third kappa shape index (κ3) is 3.32. The van der Waals surface area contributed by atoms with Crippen LogP contribution in [0.4, 0.5) is 0 Å². The predicted molar refractivity (Wildman–Crippen MR) is 71.1 cm³/mol.